The molecule has 18 heteroatoms. The first kappa shape index (κ1) is 31.9. The third kappa shape index (κ3) is 7.58. The summed E-state index contributed by atoms with van der Waals surface area (Å²) in [5.74, 6) is -1.64. The quantitative estimate of drug-likeness (QED) is 0.106. The Bertz CT molecular complexity index is 1930. The molecule has 0 aliphatic carbocycles. The molecule has 0 spiro atoms. The van der Waals surface area contributed by atoms with E-state index in [4.69, 9.17) is 18.5 Å². The predicted molar refractivity (Wildman–Crippen MR) is 151 cm³/mol. The summed E-state index contributed by atoms with van der Waals surface area (Å²) < 4.78 is 99.8. The zero-order chi connectivity index (χ0) is 32.1. The molecule has 0 unspecified atom stereocenters. The van der Waals surface area contributed by atoms with Crippen molar-refractivity contribution in [3.8, 4) is 44.5 Å². The molecular formula is C27H13BrF6N4O5S2. The topological polar surface area (TPSA) is 113 Å². The largest absolute Gasteiger partial charge is 0.430 e. The average Bonchev–Trinajstić information content (AvgIpc) is 3.82. The number of ether oxygens (including phenoxy) is 2. The molecule has 45 heavy (non-hydrogen) atoms. The highest BCUT2D eigenvalue weighted by Gasteiger charge is 2.23. The van der Waals surface area contributed by atoms with E-state index in [9.17, 15) is 31.1 Å². The first-order chi connectivity index (χ1) is 21.6. The van der Waals surface area contributed by atoms with Crippen LogP contribution < -0.4 is 9.47 Å². The van der Waals surface area contributed by atoms with E-state index < -0.39 is 35.9 Å². The van der Waals surface area contributed by atoms with Crippen LogP contribution in [-0.2, 0) is 0 Å². The standard InChI is InChI=1S/C14H7F3N2O3S.C13H6BrF3N2O2S/c15-8-2-1-3-10(21-14-18-5-7(6-20)23-14)12(8)11-4-9(13(16)17)19-22-11;14-10-5-18-13(22-10)20-8-3-1-2-6(15)11(8)9-4-7(12(16)17)19-21-9/h1-6,13H;1-5,12H. The number of aldehydes is 1. The van der Waals surface area contributed by atoms with Crippen LogP contribution in [0.25, 0.3) is 22.6 Å². The SMILES string of the molecule is Fc1cccc(Oc2ncc(Br)s2)c1-c1cc(C(F)F)no1.O=Cc1cnc(Oc2cccc(F)c2-c2cc(C(F)F)no2)s1. The molecule has 0 fully saturated rings. The first-order valence-corrected chi connectivity index (χ1v) is 14.5. The number of halogens is 7. The van der Waals surface area contributed by atoms with E-state index in [1.807, 2.05) is 0 Å². The van der Waals surface area contributed by atoms with Crippen LogP contribution in [0.5, 0.6) is 21.9 Å². The first-order valence-electron chi connectivity index (χ1n) is 12.1. The Morgan fingerprint density at radius 2 is 1.24 bits per heavy atom. The number of carbonyl (C=O) groups is 1. The van der Waals surface area contributed by atoms with Crippen LogP contribution in [0.4, 0.5) is 26.3 Å². The van der Waals surface area contributed by atoms with Gasteiger partial charge in [-0.3, -0.25) is 4.79 Å². The molecular weight excluding hydrogens is 718 g/mol. The highest BCUT2D eigenvalue weighted by atomic mass is 79.9. The third-order valence-electron chi connectivity index (χ3n) is 5.42. The van der Waals surface area contributed by atoms with E-state index in [2.05, 4.69) is 36.2 Å². The Hall–Kier alpha value is -4.55. The second-order valence-electron chi connectivity index (χ2n) is 8.34. The molecule has 0 saturated carbocycles. The molecule has 232 valence electrons. The van der Waals surface area contributed by atoms with Gasteiger partial charge in [-0.1, -0.05) is 45.1 Å². The number of benzene rings is 2. The molecule has 0 atom stereocenters. The van der Waals surface area contributed by atoms with Crippen molar-refractivity contribution in [3.05, 3.63) is 92.6 Å². The van der Waals surface area contributed by atoms with E-state index in [1.165, 1.54) is 54.1 Å². The lowest BCUT2D eigenvalue weighted by Crippen LogP contribution is -1.90. The molecule has 6 rings (SSSR count). The van der Waals surface area contributed by atoms with Gasteiger partial charge in [0.05, 0.1) is 32.2 Å². The van der Waals surface area contributed by atoms with Gasteiger partial charge in [0.25, 0.3) is 23.2 Å². The number of rotatable bonds is 9. The summed E-state index contributed by atoms with van der Waals surface area (Å²) in [6.07, 6.45) is -2.21. The third-order valence-corrected chi connectivity index (χ3v) is 7.57. The van der Waals surface area contributed by atoms with E-state index in [0.717, 1.165) is 33.3 Å². The Kier molecular flexibility index (Phi) is 9.94. The van der Waals surface area contributed by atoms with Crippen LogP contribution in [-0.4, -0.2) is 26.6 Å². The minimum atomic E-state index is -2.84. The molecule has 4 heterocycles. The van der Waals surface area contributed by atoms with Gasteiger partial charge in [0.2, 0.25) is 0 Å². The number of hydrogen-bond acceptors (Lipinski definition) is 11. The molecule has 9 nitrogen and oxygen atoms in total. The fourth-order valence-corrected chi connectivity index (χ4v) is 5.14. The van der Waals surface area contributed by atoms with Crippen molar-refractivity contribution in [2.24, 2.45) is 0 Å². The zero-order valence-electron chi connectivity index (χ0n) is 21.8. The van der Waals surface area contributed by atoms with Crippen LogP contribution in [0, 0.1) is 11.6 Å². The summed E-state index contributed by atoms with van der Waals surface area (Å²) >= 11 is 5.39. The molecule has 0 saturated heterocycles. The molecule has 0 aliphatic heterocycles. The number of hydrogen-bond donors (Lipinski definition) is 0. The highest BCUT2D eigenvalue weighted by molar-refractivity contribution is 9.11. The van der Waals surface area contributed by atoms with Gasteiger partial charge in [-0.25, -0.2) is 36.3 Å². The maximum atomic E-state index is 14.1. The number of alkyl halides is 4. The molecule has 0 N–H and O–H groups in total. The normalized spacial score (nSPS) is 11.0. The number of nitrogens with zero attached hydrogens (tertiary/aromatic N) is 4. The summed E-state index contributed by atoms with van der Waals surface area (Å²) in [5, 5.41) is 6.78. The van der Waals surface area contributed by atoms with Gasteiger partial charge in [-0.2, -0.15) is 0 Å². The van der Waals surface area contributed by atoms with Crippen LogP contribution in [0.15, 0.2) is 73.8 Å². The van der Waals surface area contributed by atoms with Crippen molar-refractivity contribution in [1.82, 2.24) is 20.3 Å². The highest BCUT2D eigenvalue weighted by Crippen LogP contribution is 2.39. The van der Waals surface area contributed by atoms with Gasteiger partial charge in [-0.05, 0) is 40.2 Å². The van der Waals surface area contributed by atoms with Gasteiger partial charge in [0.15, 0.2) is 17.8 Å². The number of carbonyl (C=O) groups excluding carboxylic acids is 1. The molecule has 6 aromatic rings. The van der Waals surface area contributed by atoms with Gasteiger partial charge in [0, 0.05) is 12.1 Å². The summed E-state index contributed by atoms with van der Waals surface area (Å²) in [6.45, 7) is 0. The average molecular weight is 731 g/mol. The van der Waals surface area contributed by atoms with Crippen molar-refractivity contribution in [1.29, 1.82) is 0 Å². The maximum Gasteiger partial charge on any atom is 0.283 e. The lowest BCUT2D eigenvalue weighted by Gasteiger charge is -2.07. The molecule has 0 radical (unpaired) electrons. The van der Waals surface area contributed by atoms with Gasteiger partial charge >= 0.3 is 0 Å². The van der Waals surface area contributed by atoms with Crippen molar-refractivity contribution in [2.45, 2.75) is 12.9 Å². The van der Waals surface area contributed by atoms with E-state index in [-0.39, 0.29) is 44.5 Å². The van der Waals surface area contributed by atoms with Gasteiger partial charge in [-0.15, -0.1) is 0 Å². The fraction of sp³-hybridized carbons (Fsp3) is 0.0741. The van der Waals surface area contributed by atoms with Crippen molar-refractivity contribution in [2.75, 3.05) is 0 Å². The lowest BCUT2D eigenvalue weighted by atomic mass is 10.1. The van der Waals surface area contributed by atoms with Gasteiger partial charge in [0.1, 0.15) is 34.5 Å². The fourth-order valence-electron chi connectivity index (χ4n) is 3.52. The van der Waals surface area contributed by atoms with Crippen LogP contribution in [0.2, 0.25) is 0 Å². The lowest BCUT2D eigenvalue weighted by molar-refractivity contribution is 0.112. The van der Waals surface area contributed by atoms with Crippen LogP contribution >= 0.6 is 38.6 Å². The Balaban J connectivity index is 0.000000178. The molecule has 2 aromatic carbocycles. The van der Waals surface area contributed by atoms with Crippen LogP contribution in [0.3, 0.4) is 0 Å². The Labute approximate surface area is 264 Å². The van der Waals surface area contributed by atoms with E-state index in [1.54, 1.807) is 0 Å². The summed E-state index contributed by atoms with van der Waals surface area (Å²) in [5.41, 5.74) is -1.42. The minimum absolute atomic E-state index is 0.00812. The van der Waals surface area contributed by atoms with Crippen molar-refractivity contribution < 1.29 is 49.7 Å². The maximum absolute atomic E-state index is 14.1. The Morgan fingerprint density at radius 3 is 1.64 bits per heavy atom. The van der Waals surface area contributed by atoms with Crippen molar-refractivity contribution >= 4 is 44.9 Å². The second-order valence-corrected chi connectivity index (χ2v) is 11.7. The summed E-state index contributed by atoms with van der Waals surface area (Å²) in [7, 11) is 0. The van der Waals surface area contributed by atoms with E-state index >= 15 is 0 Å². The molecule has 4 aromatic heterocycles. The minimum Gasteiger partial charge on any atom is -0.430 e. The second kappa shape index (κ2) is 14.0. The molecule has 0 amide bonds. The molecule has 0 bridgehead atoms. The summed E-state index contributed by atoms with van der Waals surface area (Å²) in [6, 6.07) is 9.94. The predicted octanol–water partition coefficient (Wildman–Crippen LogP) is 9.91. The monoisotopic (exact) mass is 730 g/mol. The zero-order valence-corrected chi connectivity index (χ0v) is 25.0. The molecule has 0 aliphatic rings. The number of aromatic nitrogens is 4. The summed E-state index contributed by atoms with van der Waals surface area (Å²) in [4.78, 5) is 18.8. The smallest absolute Gasteiger partial charge is 0.283 e. The van der Waals surface area contributed by atoms with Crippen molar-refractivity contribution in [3.63, 3.8) is 0 Å². The Morgan fingerprint density at radius 1 is 0.756 bits per heavy atom. The number of thiazole rings is 2. The van der Waals surface area contributed by atoms with Gasteiger partial charge < -0.3 is 18.5 Å². The van der Waals surface area contributed by atoms with E-state index in [0.29, 0.717) is 11.2 Å². The van der Waals surface area contributed by atoms with Crippen LogP contribution in [0.1, 0.15) is 33.9 Å².